The maximum absolute atomic E-state index is 13.4. The molecule has 0 unspecified atom stereocenters. The molecule has 166 valence electrons. The minimum Gasteiger partial charge on any atom is -0.325 e. The van der Waals surface area contributed by atoms with Crippen LogP contribution in [0.15, 0.2) is 70.6 Å². The van der Waals surface area contributed by atoms with Crippen LogP contribution >= 0.6 is 35.0 Å². The lowest BCUT2D eigenvalue weighted by Crippen LogP contribution is -2.23. The number of amides is 1. The number of hydrogen-bond donors (Lipinski definition) is 1. The Morgan fingerprint density at radius 2 is 1.76 bits per heavy atom. The number of para-hydroxylation sites is 2. The summed E-state index contributed by atoms with van der Waals surface area (Å²) in [5.74, 6) is -0.110. The standard InChI is InChI=1S/C25H19Cl2N3O2S/c26-19-8-4-9-20(27)23(19)30-24(32)18-7-1-2-10-21(18)29-25(30)33-14-22(31)28-17-12-11-15-5-3-6-16(15)13-17/h1-2,4,7-13H,3,5-6,14H2,(H,28,31). The van der Waals surface area contributed by atoms with Crippen LogP contribution in [-0.4, -0.2) is 21.2 Å². The van der Waals surface area contributed by atoms with Crippen LogP contribution in [0.4, 0.5) is 5.69 Å². The molecule has 1 aromatic heterocycles. The van der Waals surface area contributed by atoms with E-state index >= 15 is 0 Å². The van der Waals surface area contributed by atoms with E-state index in [1.807, 2.05) is 18.2 Å². The van der Waals surface area contributed by atoms with Crippen molar-refractivity contribution in [3.8, 4) is 5.69 Å². The molecular weight excluding hydrogens is 477 g/mol. The van der Waals surface area contributed by atoms with Gasteiger partial charge in [-0.25, -0.2) is 4.98 Å². The Balaban J connectivity index is 1.47. The number of fused-ring (bicyclic) bond motifs is 2. The molecule has 5 nitrogen and oxygen atoms in total. The summed E-state index contributed by atoms with van der Waals surface area (Å²) < 4.78 is 1.39. The number of anilines is 1. The van der Waals surface area contributed by atoms with Crippen molar-refractivity contribution in [3.05, 3.63) is 92.2 Å². The first-order valence-electron chi connectivity index (χ1n) is 10.5. The number of rotatable bonds is 5. The summed E-state index contributed by atoms with van der Waals surface area (Å²) >= 11 is 14.0. The zero-order chi connectivity index (χ0) is 22.9. The number of aromatic nitrogens is 2. The number of carbonyl (C=O) groups is 1. The van der Waals surface area contributed by atoms with E-state index in [1.54, 1.807) is 36.4 Å². The van der Waals surface area contributed by atoms with Crippen molar-refractivity contribution in [2.45, 2.75) is 24.4 Å². The third-order valence-electron chi connectivity index (χ3n) is 5.62. The van der Waals surface area contributed by atoms with E-state index in [0.717, 1.165) is 36.7 Å². The van der Waals surface area contributed by atoms with Gasteiger partial charge in [0.15, 0.2) is 5.16 Å². The highest BCUT2D eigenvalue weighted by Gasteiger charge is 2.19. The normalized spacial score (nSPS) is 12.7. The number of thioether (sulfide) groups is 1. The molecule has 1 N–H and O–H groups in total. The van der Waals surface area contributed by atoms with Gasteiger partial charge in [-0.05, 0) is 66.8 Å². The maximum atomic E-state index is 13.4. The Bertz CT molecular complexity index is 1430. The van der Waals surface area contributed by atoms with Crippen molar-refractivity contribution in [2.24, 2.45) is 0 Å². The first-order valence-corrected chi connectivity index (χ1v) is 12.3. The lowest BCUT2D eigenvalue weighted by molar-refractivity contribution is -0.113. The molecule has 4 aromatic rings. The van der Waals surface area contributed by atoms with Crippen LogP contribution in [0.3, 0.4) is 0 Å². The van der Waals surface area contributed by atoms with Crippen LogP contribution in [-0.2, 0) is 17.6 Å². The first kappa shape index (κ1) is 22.0. The highest BCUT2D eigenvalue weighted by molar-refractivity contribution is 7.99. The topological polar surface area (TPSA) is 64.0 Å². The van der Waals surface area contributed by atoms with Crippen LogP contribution in [0.1, 0.15) is 17.5 Å². The molecule has 0 saturated heterocycles. The molecule has 5 rings (SSSR count). The maximum Gasteiger partial charge on any atom is 0.266 e. The fourth-order valence-corrected chi connectivity index (χ4v) is 5.45. The van der Waals surface area contributed by atoms with Crippen LogP contribution in [0.5, 0.6) is 0 Å². The number of nitrogens with zero attached hydrogens (tertiary/aromatic N) is 2. The van der Waals surface area contributed by atoms with E-state index in [9.17, 15) is 9.59 Å². The molecule has 0 radical (unpaired) electrons. The Morgan fingerprint density at radius 3 is 2.58 bits per heavy atom. The second kappa shape index (κ2) is 9.21. The van der Waals surface area contributed by atoms with E-state index in [1.165, 1.54) is 15.7 Å². The fraction of sp³-hybridized carbons (Fsp3) is 0.160. The van der Waals surface area contributed by atoms with Gasteiger partial charge in [-0.3, -0.25) is 14.2 Å². The SMILES string of the molecule is O=C(CSc1nc2ccccc2c(=O)n1-c1c(Cl)cccc1Cl)Nc1ccc2c(c1)CCC2. The van der Waals surface area contributed by atoms with Gasteiger partial charge in [0, 0.05) is 5.69 Å². The molecular formula is C25H19Cl2N3O2S. The summed E-state index contributed by atoms with van der Waals surface area (Å²) in [4.78, 5) is 30.8. The predicted molar refractivity (Wildman–Crippen MR) is 135 cm³/mol. The number of hydrogen-bond acceptors (Lipinski definition) is 4. The third-order valence-corrected chi connectivity index (χ3v) is 7.17. The molecule has 1 heterocycles. The van der Waals surface area contributed by atoms with Gasteiger partial charge in [0.05, 0.1) is 32.4 Å². The fourth-order valence-electron chi connectivity index (χ4n) is 4.09. The van der Waals surface area contributed by atoms with Crippen LogP contribution in [0.25, 0.3) is 16.6 Å². The smallest absolute Gasteiger partial charge is 0.266 e. The average molecular weight is 496 g/mol. The van der Waals surface area contributed by atoms with Crippen LogP contribution < -0.4 is 10.9 Å². The predicted octanol–water partition coefficient (Wildman–Crippen LogP) is 5.91. The molecule has 0 aliphatic heterocycles. The summed E-state index contributed by atoms with van der Waals surface area (Å²) in [6, 6.07) is 18.2. The number of aryl methyl sites for hydroxylation is 2. The second-order valence-corrected chi connectivity index (χ2v) is 9.55. The van der Waals surface area contributed by atoms with Crippen molar-refractivity contribution >= 4 is 57.5 Å². The quantitative estimate of drug-likeness (QED) is 0.276. The minimum absolute atomic E-state index is 0.0733. The molecule has 1 aliphatic carbocycles. The molecule has 0 atom stereocenters. The van der Waals surface area contributed by atoms with Gasteiger partial charge in [0.1, 0.15) is 0 Å². The summed E-state index contributed by atoms with van der Waals surface area (Å²) in [6.45, 7) is 0. The average Bonchev–Trinajstić information content (AvgIpc) is 3.27. The second-order valence-electron chi connectivity index (χ2n) is 7.80. The Labute approximate surface area is 204 Å². The monoisotopic (exact) mass is 495 g/mol. The van der Waals surface area contributed by atoms with Gasteiger partial charge < -0.3 is 5.32 Å². The molecule has 0 spiro atoms. The minimum atomic E-state index is -0.294. The molecule has 0 bridgehead atoms. The van der Waals surface area contributed by atoms with Crippen molar-refractivity contribution < 1.29 is 4.79 Å². The van der Waals surface area contributed by atoms with E-state index in [4.69, 9.17) is 23.2 Å². The molecule has 1 amide bonds. The van der Waals surface area contributed by atoms with Gasteiger partial charge in [-0.15, -0.1) is 0 Å². The highest BCUT2D eigenvalue weighted by Crippen LogP contribution is 2.31. The molecule has 33 heavy (non-hydrogen) atoms. The van der Waals surface area contributed by atoms with Gasteiger partial charge in [0.25, 0.3) is 5.56 Å². The van der Waals surface area contributed by atoms with Crippen LogP contribution in [0.2, 0.25) is 10.0 Å². The zero-order valence-corrected chi connectivity index (χ0v) is 19.8. The van der Waals surface area contributed by atoms with Crippen molar-refractivity contribution in [2.75, 3.05) is 11.1 Å². The number of halogens is 2. The summed E-state index contributed by atoms with van der Waals surface area (Å²) in [5.41, 5.74) is 4.02. The summed E-state index contributed by atoms with van der Waals surface area (Å²) in [5, 5.41) is 4.39. The number of benzene rings is 3. The molecule has 1 aliphatic rings. The van der Waals surface area contributed by atoms with E-state index in [0.29, 0.717) is 31.8 Å². The van der Waals surface area contributed by atoms with Gasteiger partial charge in [-0.2, -0.15) is 0 Å². The van der Waals surface area contributed by atoms with Gasteiger partial charge >= 0.3 is 0 Å². The molecule has 8 heteroatoms. The number of nitrogens with one attached hydrogen (secondary N) is 1. The third kappa shape index (κ3) is 4.38. The van der Waals surface area contributed by atoms with Gasteiger partial charge in [0.2, 0.25) is 5.91 Å². The van der Waals surface area contributed by atoms with E-state index < -0.39 is 0 Å². The van der Waals surface area contributed by atoms with Crippen molar-refractivity contribution in [1.29, 1.82) is 0 Å². The van der Waals surface area contributed by atoms with Gasteiger partial charge in [-0.1, -0.05) is 59.2 Å². The van der Waals surface area contributed by atoms with E-state index in [2.05, 4.69) is 16.4 Å². The lowest BCUT2D eigenvalue weighted by atomic mass is 10.1. The Morgan fingerprint density at radius 1 is 1.00 bits per heavy atom. The summed E-state index contributed by atoms with van der Waals surface area (Å²) in [7, 11) is 0. The number of carbonyl (C=O) groups excluding carboxylic acids is 1. The zero-order valence-electron chi connectivity index (χ0n) is 17.5. The largest absolute Gasteiger partial charge is 0.325 e. The molecule has 0 saturated carbocycles. The first-order chi connectivity index (χ1) is 16.0. The highest BCUT2D eigenvalue weighted by atomic mass is 35.5. The molecule has 3 aromatic carbocycles. The summed E-state index contributed by atoms with van der Waals surface area (Å²) in [6.07, 6.45) is 3.28. The van der Waals surface area contributed by atoms with Crippen molar-refractivity contribution in [1.82, 2.24) is 9.55 Å². The van der Waals surface area contributed by atoms with Crippen LogP contribution in [0, 0.1) is 0 Å². The lowest BCUT2D eigenvalue weighted by Gasteiger charge is -2.15. The Kier molecular flexibility index (Phi) is 6.15. The molecule has 0 fully saturated rings. The van der Waals surface area contributed by atoms with Crippen molar-refractivity contribution in [3.63, 3.8) is 0 Å². The van der Waals surface area contributed by atoms with E-state index in [-0.39, 0.29) is 17.2 Å². The Hall–Kier alpha value is -2.80.